The third kappa shape index (κ3) is 6.78. The number of morpholine rings is 1. The van der Waals surface area contributed by atoms with E-state index in [1.807, 2.05) is 30.3 Å². The fourth-order valence-corrected chi connectivity index (χ4v) is 4.42. The predicted octanol–water partition coefficient (Wildman–Crippen LogP) is 4.92. The minimum atomic E-state index is 0.373. The smallest absolute Gasteiger partial charge is 0.241 e. The van der Waals surface area contributed by atoms with Crippen LogP contribution in [0.2, 0.25) is 0 Å². The maximum Gasteiger partial charge on any atom is 0.241 e. The molecule has 0 amide bonds. The van der Waals surface area contributed by atoms with Gasteiger partial charge in [0.05, 0.1) is 31.6 Å². The summed E-state index contributed by atoms with van der Waals surface area (Å²) >= 11 is 0. The zero-order valence-corrected chi connectivity index (χ0v) is 21.4. The first kappa shape index (κ1) is 25.0. The molecule has 1 fully saturated rings. The highest BCUT2D eigenvalue weighted by atomic mass is 16.5. The molecule has 8 heteroatoms. The molecule has 0 radical (unpaired) electrons. The van der Waals surface area contributed by atoms with Gasteiger partial charge in [0.1, 0.15) is 12.4 Å². The van der Waals surface area contributed by atoms with Crippen molar-refractivity contribution in [2.24, 2.45) is 5.92 Å². The third-order valence-electron chi connectivity index (χ3n) is 6.92. The molecule has 1 aliphatic heterocycles. The molecule has 0 bridgehead atoms. The summed E-state index contributed by atoms with van der Waals surface area (Å²) < 4.78 is 16.7. The largest absolute Gasteiger partial charge is 0.486 e. The Labute approximate surface area is 217 Å². The maximum atomic E-state index is 5.81. The van der Waals surface area contributed by atoms with Crippen LogP contribution in [0, 0.1) is 5.92 Å². The molecule has 3 aromatic heterocycles. The van der Waals surface area contributed by atoms with Gasteiger partial charge in [-0.15, -0.1) is 0 Å². The van der Waals surface area contributed by atoms with Gasteiger partial charge in [0.15, 0.2) is 0 Å². The van der Waals surface area contributed by atoms with Gasteiger partial charge < -0.3 is 14.0 Å². The first-order chi connectivity index (χ1) is 18.1. The predicted molar refractivity (Wildman–Crippen MR) is 140 cm³/mol. The SMILES string of the molecule is CC(Cc1ccc(OCc2ccccn2)cn1)[C@H](C)c1ccc(-c2noc(CN3CCOCC3)n2)cc1. The van der Waals surface area contributed by atoms with E-state index in [2.05, 4.69) is 63.1 Å². The van der Waals surface area contributed by atoms with Crippen LogP contribution in [-0.2, 0) is 24.3 Å². The number of aromatic nitrogens is 4. The second-order valence-electron chi connectivity index (χ2n) is 9.59. The molecule has 1 saturated heterocycles. The van der Waals surface area contributed by atoms with Crippen molar-refractivity contribution in [2.45, 2.75) is 39.3 Å². The van der Waals surface area contributed by atoms with Gasteiger partial charge in [0.2, 0.25) is 11.7 Å². The van der Waals surface area contributed by atoms with Crippen LogP contribution in [0.4, 0.5) is 0 Å². The van der Waals surface area contributed by atoms with Crippen LogP contribution in [-0.4, -0.2) is 51.3 Å². The summed E-state index contributed by atoms with van der Waals surface area (Å²) in [5, 5.41) is 4.19. The van der Waals surface area contributed by atoms with E-state index >= 15 is 0 Å². The monoisotopic (exact) mass is 499 g/mol. The average molecular weight is 500 g/mol. The molecular formula is C29H33N5O3. The lowest BCUT2D eigenvalue weighted by atomic mass is 9.85. The van der Waals surface area contributed by atoms with E-state index in [-0.39, 0.29) is 0 Å². The van der Waals surface area contributed by atoms with Gasteiger partial charge in [-0.2, -0.15) is 4.98 Å². The van der Waals surface area contributed by atoms with Crippen LogP contribution in [0.5, 0.6) is 5.75 Å². The zero-order chi connectivity index (χ0) is 25.5. The van der Waals surface area contributed by atoms with Crippen molar-refractivity contribution >= 4 is 0 Å². The number of hydrogen-bond acceptors (Lipinski definition) is 8. The van der Waals surface area contributed by atoms with E-state index in [1.165, 1.54) is 5.56 Å². The van der Waals surface area contributed by atoms with Crippen LogP contribution < -0.4 is 4.74 Å². The summed E-state index contributed by atoms with van der Waals surface area (Å²) in [6.45, 7) is 8.91. The fourth-order valence-electron chi connectivity index (χ4n) is 4.42. The number of pyridine rings is 2. The Morgan fingerprint density at radius 3 is 2.51 bits per heavy atom. The Morgan fingerprint density at radius 1 is 0.946 bits per heavy atom. The van der Waals surface area contributed by atoms with Crippen molar-refractivity contribution in [1.29, 1.82) is 0 Å². The number of rotatable bonds is 10. The van der Waals surface area contributed by atoms with Crippen molar-refractivity contribution in [3.63, 3.8) is 0 Å². The van der Waals surface area contributed by atoms with Crippen molar-refractivity contribution < 1.29 is 14.0 Å². The van der Waals surface area contributed by atoms with Crippen LogP contribution in [0.3, 0.4) is 0 Å². The first-order valence-electron chi connectivity index (χ1n) is 12.8. The summed E-state index contributed by atoms with van der Waals surface area (Å²) in [5.74, 6) is 2.82. The molecule has 1 unspecified atom stereocenters. The minimum Gasteiger partial charge on any atom is -0.486 e. The van der Waals surface area contributed by atoms with E-state index in [9.17, 15) is 0 Å². The van der Waals surface area contributed by atoms with Gasteiger partial charge in [-0.3, -0.25) is 14.9 Å². The molecule has 2 atom stereocenters. The van der Waals surface area contributed by atoms with Gasteiger partial charge in [0, 0.05) is 30.5 Å². The van der Waals surface area contributed by atoms with Crippen molar-refractivity contribution in [3.8, 4) is 17.1 Å². The molecule has 1 aliphatic rings. The molecule has 4 aromatic rings. The average Bonchev–Trinajstić information content (AvgIpc) is 3.42. The van der Waals surface area contributed by atoms with Crippen molar-refractivity contribution in [3.05, 3.63) is 89.8 Å². The molecule has 5 rings (SSSR count). The summed E-state index contributed by atoms with van der Waals surface area (Å²) in [6, 6.07) is 18.3. The highest BCUT2D eigenvalue weighted by Gasteiger charge is 2.18. The highest BCUT2D eigenvalue weighted by Crippen LogP contribution is 2.28. The number of nitrogens with zero attached hydrogens (tertiary/aromatic N) is 5. The summed E-state index contributed by atoms with van der Waals surface area (Å²) in [6.07, 6.45) is 4.45. The van der Waals surface area contributed by atoms with E-state index in [4.69, 9.17) is 14.0 Å². The number of hydrogen-bond donors (Lipinski definition) is 0. The Balaban J connectivity index is 1.13. The van der Waals surface area contributed by atoms with Crippen molar-refractivity contribution in [2.75, 3.05) is 26.3 Å². The van der Waals surface area contributed by atoms with Gasteiger partial charge >= 0.3 is 0 Å². The van der Waals surface area contributed by atoms with Crippen LogP contribution >= 0.6 is 0 Å². The zero-order valence-electron chi connectivity index (χ0n) is 21.4. The molecule has 37 heavy (non-hydrogen) atoms. The normalized spacial score (nSPS) is 15.8. The lowest BCUT2D eigenvalue weighted by Gasteiger charge is -2.24. The molecule has 192 valence electrons. The van der Waals surface area contributed by atoms with E-state index in [1.54, 1.807) is 12.4 Å². The molecule has 0 aliphatic carbocycles. The highest BCUT2D eigenvalue weighted by molar-refractivity contribution is 5.54. The molecule has 0 N–H and O–H groups in total. The van der Waals surface area contributed by atoms with Crippen LogP contribution in [0.25, 0.3) is 11.4 Å². The Hall–Kier alpha value is -3.62. The standard InChI is InChI=1S/C29H33N5O3/c1-21(17-25-10-11-27(18-31-25)36-20-26-5-3-4-12-30-26)22(2)23-6-8-24(9-7-23)29-32-28(37-33-29)19-34-13-15-35-16-14-34/h3-12,18,21-22H,13-17,19-20H2,1-2H3/t21?,22-/m0/s1. The summed E-state index contributed by atoms with van der Waals surface area (Å²) in [7, 11) is 0. The Morgan fingerprint density at radius 2 is 1.78 bits per heavy atom. The topological polar surface area (TPSA) is 86.4 Å². The second-order valence-corrected chi connectivity index (χ2v) is 9.59. The third-order valence-corrected chi connectivity index (χ3v) is 6.92. The fraction of sp³-hybridized carbons (Fsp3) is 0.379. The maximum absolute atomic E-state index is 5.81. The van der Waals surface area contributed by atoms with E-state index in [0.717, 1.165) is 55.4 Å². The van der Waals surface area contributed by atoms with E-state index < -0.39 is 0 Å². The molecule has 0 saturated carbocycles. The Bertz CT molecular complexity index is 1240. The molecule has 0 spiro atoms. The number of benzene rings is 1. The first-order valence-corrected chi connectivity index (χ1v) is 12.8. The summed E-state index contributed by atoms with van der Waals surface area (Å²) in [4.78, 5) is 15.8. The van der Waals surface area contributed by atoms with Crippen molar-refractivity contribution in [1.82, 2.24) is 25.0 Å². The van der Waals surface area contributed by atoms with Gasteiger partial charge in [-0.05, 0) is 48.1 Å². The van der Waals surface area contributed by atoms with Gasteiger partial charge in [-0.25, -0.2) is 0 Å². The molecule has 8 nitrogen and oxygen atoms in total. The lowest BCUT2D eigenvalue weighted by Crippen LogP contribution is -2.35. The Kier molecular flexibility index (Phi) is 8.18. The number of ether oxygens (including phenoxy) is 2. The van der Waals surface area contributed by atoms with Crippen LogP contribution in [0.15, 0.2) is 71.5 Å². The quantitative estimate of drug-likeness (QED) is 0.304. The van der Waals surface area contributed by atoms with E-state index in [0.29, 0.717) is 36.7 Å². The summed E-state index contributed by atoms with van der Waals surface area (Å²) in [5.41, 5.74) is 4.20. The lowest BCUT2D eigenvalue weighted by molar-refractivity contribution is 0.0297. The molecular weight excluding hydrogens is 466 g/mol. The van der Waals surface area contributed by atoms with Gasteiger partial charge in [-0.1, -0.05) is 49.3 Å². The molecule has 4 heterocycles. The van der Waals surface area contributed by atoms with Crippen LogP contribution in [0.1, 0.15) is 42.6 Å². The minimum absolute atomic E-state index is 0.373. The molecule has 1 aromatic carbocycles. The second kappa shape index (κ2) is 12.1. The van der Waals surface area contributed by atoms with Gasteiger partial charge in [0.25, 0.3) is 0 Å².